The van der Waals surface area contributed by atoms with Crippen LogP contribution in [0.2, 0.25) is 0 Å². The van der Waals surface area contributed by atoms with E-state index in [0.717, 1.165) is 0 Å². The number of hydrogen-bond acceptors (Lipinski definition) is 5. The summed E-state index contributed by atoms with van der Waals surface area (Å²) in [5.41, 5.74) is 0.636. The van der Waals surface area contributed by atoms with Gasteiger partial charge >= 0.3 is 5.97 Å². The number of benzene rings is 1. The van der Waals surface area contributed by atoms with Crippen LogP contribution in [0.4, 0.5) is 4.39 Å². The number of thiazole rings is 1. The number of rotatable bonds is 6. The quantitative estimate of drug-likeness (QED) is 0.823. The van der Waals surface area contributed by atoms with Gasteiger partial charge in [-0.1, -0.05) is 18.2 Å². The highest BCUT2D eigenvalue weighted by Crippen LogP contribution is 2.17. The Morgan fingerprint density at radius 3 is 2.78 bits per heavy atom. The maximum absolute atomic E-state index is 13.6. The Hall–Kier alpha value is -2.28. The van der Waals surface area contributed by atoms with E-state index in [-0.39, 0.29) is 30.1 Å². The number of amides is 1. The SMILES string of the molecule is CC(C)NC(=O)COC(=O)c1csc(Cc2ccccc2F)n1. The molecule has 0 radical (unpaired) electrons. The summed E-state index contributed by atoms with van der Waals surface area (Å²) in [5, 5.41) is 4.76. The maximum Gasteiger partial charge on any atom is 0.358 e. The summed E-state index contributed by atoms with van der Waals surface area (Å²) in [7, 11) is 0. The van der Waals surface area contributed by atoms with E-state index in [1.165, 1.54) is 17.4 Å². The summed E-state index contributed by atoms with van der Waals surface area (Å²) < 4.78 is 18.5. The third-order valence-corrected chi connectivity index (χ3v) is 3.69. The Kier molecular flexibility index (Phi) is 5.81. The average Bonchev–Trinajstić information content (AvgIpc) is 2.95. The zero-order chi connectivity index (χ0) is 16.8. The predicted molar refractivity (Wildman–Crippen MR) is 84.9 cm³/mol. The van der Waals surface area contributed by atoms with Gasteiger partial charge in [0.25, 0.3) is 5.91 Å². The van der Waals surface area contributed by atoms with Crippen molar-refractivity contribution in [3.8, 4) is 0 Å². The van der Waals surface area contributed by atoms with Gasteiger partial charge in [0.1, 0.15) is 5.82 Å². The zero-order valence-electron chi connectivity index (χ0n) is 12.8. The van der Waals surface area contributed by atoms with Gasteiger partial charge in [0.15, 0.2) is 12.3 Å². The van der Waals surface area contributed by atoms with Crippen molar-refractivity contribution in [1.29, 1.82) is 0 Å². The molecular weight excluding hydrogens is 319 g/mol. The molecule has 1 N–H and O–H groups in total. The largest absolute Gasteiger partial charge is 0.451 e. The summed E-state index contributed by atoms with van der Waals surface area (Å²) in [5.74, 6) is -1.34. The Bertz CT molecular complexity index is 700. The van der Waals surface area contributed by atoms with Crippen LogP contribution in [0.5, 0.6) is 0 Å². The molecule has 5 nitrogen and oxygen atoms in total. The van der Waals surface area contributed by atoms with Gasteiger partial charge in [-0.2, -0.15) is 0 Å². The first-order chi connectivity index (χ1) is 11.0. The van der Waals surface area contributed by atoms with Crippen LogP contribution in [-0.2, 0) is 16.0 Å². The van der Waals surface area contributed by atoms with Gasteiger partial charge in [-0.05, 0) is 25.5 Å². The molecule has 0 saturated carbocycles. The van der Waals surface area contributed by atoms with Crippen LogP contribution in [0, 0.1) is 5.82 Å². The Morgan fingerprint density at radius 2 is 2.09 bits per heavy atom. The van der Waals surface area contributed by atoms with Crippen LogP contribution in [0.1, 0.15) is 34.9 Å². The van der Waals surface area contributed by atoms with E-state index in [4.69, 9.17) is 4.74 Å². The fourth-order valence-electron chi connectivity index (χ4n) is 1.86. The Labute approximate surface area is 137 Å². The number of aromatic nitrogens is 1. The van der Waals surface area contributed by atoms with Gasteiger partial charge in [0, 0.05) is 17.8 Å². The lowest BCUT2D eigenvalue weighted by Gasteiger charge is -2.07. The van der Waals surface area contributed by atoms with E-state index in [2.05, 4.69) is 10.3 Å². The van der Waals surface area contributed by atoms with Crippen molar-refractivity contribution < 1.29 is 18.7 Å². The van der Waals surface area contributed by atoms with E-state index in [0.29, 0.717) is 17.0 Å². The van der Waals surface area contributed by atoms with E-state index in [1.807, 2.05) is 13.8 Å². The highest BCUT2D eigenvalue weighted by Gasteiger charge is 2.15. The maximum atomic E-state index is 13.6. The predicted octanol–water partition coefficient (Wildman–Crippen LogP) is 2.55. The molecule has 2 rings (SSSR count). The first kappa shape index (κ1) is 17.1. The number of ether oxygens (including phenoxy) is 1. The lowest BCUT2D eigenvalue weighted by Crippen LogP contribution is -2.34. The molecule has 0 aliphatic heterocycles. The minimum Gasteiger partial charge on any atom is -0.451 e. The Morgan fingerprint density at radius 1 is 1.35 bits per heavy atom. The standard InChI is InChI=1S/C16H17FN2O3S/c1-10(2)18-14(20)8-22-16(21)13-9-23-15(19-13)7-11-5-3-4-6-12(11)17/h3-6,9-10H,7-8H2,1-2H3,(H,18,20). The highest BCUT2D eigenvalue weighted by molar-refractivity contribution is 7.09. The third kappa shape index (κ3) is 5.14. The molecule has 2 aromatic rings. The monoisotopic (exact) mass is 336 g/mol. The molecule has 0 atom stereocenters. The molecule has 0 unspecified atom stereocenters. The van der Waals surface area contributed by atoms with Crippen LogP contribution < -0.4 is 5.32 Å². The van der Waals surface area contributed by atoms with E-state index in [9.17, 15) is 14.0 Å². The summed E-state index contributed by atoms with van der Waals surface area (Å²) >= 11 is 1.25. The lowest BCUT2D eigenvalue weighted by molar-refractivity contribution is -0.124. The van der Waals surface area contributed by atoms with Gasteiger partial charge in [0.05, 0.1) is 5.01 Å². The molecule has 0 bridgehead atoms. The topological polar surface area (TPSA) is 68.3 Å². The number of halogens is 1. The number of nitrogens with zero attached hydrogens (tertiary/aromatic N) is 1. The average molecular weight is 336 g/mol. The summed E-state index contributed by atoms with van der Waals surface area (Å²) in [4.78, 5) is 27.4. The molecule has 0 saturated heterocycles. The van der Waals surface area contributed by atoms with E-state index < -0.39 is 5.97 Å². The van der Waals surface area contributed by atoms with Crippen LogP contribution in [-0.4, -0.2) is 29.5 Å². The van der Waals surface area contributed by atoms with Crippen molar-refractivity contribution in [2.45, 2.75) is 26.3 Å². The molecule has 1 aromatic carbocycles. The molecule has 1 aromatic heterocycles. The third-order valence-electron chi connectivity index (χ3n) is 2.84. The molecule has 1 amide bonds. The number of hydrogen-bond donors (Lipinski definition) is 1. The first-order valence-corrected chi connectivity index (χ1v) is 7.98. The van der Waals surface area contributed by atoms with Crippen molar-refractivity contribution in [3.05, 3.63) is 51.7 Å². The summed E-state index contributed by atoms with van der Waals surface area (Å²) in [6.07, 6.45) is 0.304. The van der Waals surface area contributed by atoms with Crippen LogP contribution >= 0.6 is 11.3 Å². The highest BCUT2D eigenvalue weighted by atomic mass is 32.1. The van der Waals surface area contributed by atoms with Gasteiger partial charge < -0.3 is 10.1 Å². The van der Waals surface area contributed by atoms with Crippen molar-refractivity contribution >= 4 is 23.2 Å². The van der Waals surface area contributed by atoms with Crippen LogP contribution in [0.3, 0.4) is 0 Å². The molecule has 0 fully saturated rings. The number of carbonyl (C=O) groups is 2. The zero-order valence-corrected chi connectivity index (χ0v) is 13.7. The van der Waals surface area contributed by atoms with Gasteiger partial charge in [0.2, 0.25) is 0 Å². The Balaban J connectivity index is 1.92. The second-order valence-electron chi connectivity index (χ2n) is 5.19. The molecule has 0 aliphatic carbocycles. The molecule has 0 spiro atoms. The van der Waals surface area contributed by atoms with E-state index >= 15 is 0 Å². The van der Waals surface area contributed by atoms with Crippen molar-refractivity contribution in [3.63, 3.8) is 0 Å². The van der Waals surface area contributed by atoms with Gasteiger partial charge in [-0.3, -0.25) is 4.79 Å². The minimum absolute atomic E-state index is 0.0205. The number of esters is 1. The van der Waals surface area contributed by atoms with Crippen molar-refractivity contribution in [2.75, 3.05) is 6.61 Å². The number of nitrogens with one attached hydrogen (secondary N) is 1. The van der Waals surface area contributed by atoms with Crippen LogP contribution in [0.15, 0.2) is 29.6 Å². The molecule has 7 heteroatoms. The minimum atomic E-state index is -0.667. The van der Waals surface area contributed by atoms with Crippen molar-refractivity contribution in [1.82, 2.24) is 10.3 Å². The molecule has 1 heterocycles. The fraction of sp³-hybridized carbons (Fsp3) is 0.312. The van der Waals surface area contributed by atoms with Gasteiger partial charge in [-0.15, -0.1) is 11.3 Å². The normalized spacial score (nSPS) is 10.6. The molecule has 0 aliphatic rings. The van der Waals surface area contributed by atoms with Crippen LogP contribution in [0.25, 0.3) is 0 Å². The smallest absolute Gasteiger partial charge is 0.358 e. The molecular formula is C16H17FN2O3S. The lowest BCUT2D eigenvalue weighted by atomic mass is 10.1. The second-order valence-corrected chi connectivity index (χ2v) is 6.14. The van der Waals surface area contributed by atoms with E-state index in [1.54, 1.807) is 23.6 Å². The molecule has 122 valence electrons. The summed E-state index contributed by atoms with van der Waals surface area (Å²) in [6.45, 7) is 3.28. The number of carbonyl (C=O) groups excluding carboxylic acids is 2. The summed E-state index contributed by atoms with van der Waals surface area (Å²) in [6, 6.07) is 6.39. The molecule has 23 heavy (non-hydrogen) atoms. The van der Waals surface area contributed by atoms with Gasteiger partial charge in [-0.25, -0.2) is 14.2 Å². The van der Waals surface area contributed by atoms with Crippen molar-refractivity contribution in [2.24, 2.45) is 0 Å². The second kappa shape index (κ2) is 7.82. The fourth-order valence-corrected chi connectivity index (χ4v) is 2.65. The first-order valence-electron chi connectivity index (χ1n) is 7.10.